The molecule has 0 bridgehead atoms. The molecule has 6 nitrogen and oxygen atoms in total. The minimum Gasteiger partial charge on any atom is -0.457 e. The highest BCUT2D eigenvalue weighted by molar-refractivity contribution is 9.10. The van der Waals surface area contributed by atoms with E-state index < -0.39 is 10.0 Å². The van der Waals surface area contributed by atoms with Gasteiger partial charge >= 0.3 is 0 Å². The third-order valence-corrected chi connectivity index (χ3v) is 5.88. The largest absolute Gasteiger partial charge is 0.457 e. The third-order valence-electron chi connectivity index (χ3n) is 3.99. The van der Waals surface area contributed by atoms with Crippen molar-refractivity contribution in [1.29, 1.82) is 0 Å². The zero-order valence-corrected chi connectivity index (χ0v) is 17.3. The molecule has 0 heterocycles. The lowest BCUT2D eigenvalue weighted by atomic mass is 10.2. The van der Waals surface area contributed by atoms with Crippen molar-refractivity contribution in [2.24, 2.45) is 5.14 Å². The number of primary sulfonamides is 1. The van der Waals surface area contributed by atoms with Crippen LogP contribution in [0.3, 0.4) is 0 Å². The summed E-state index contributed by atoms with van der Waals surface area (Å²) in [6.45, 7) is 0. The number of benzene rings is 3. The van der Waals surface area contributed by atoms with Crippen LogP contribution in [0.4, 0.5) is 5.69 Å². The minimum absolute atomic E-state index is 0.0749. The van der Waals surface area contributed by atoms with Crippen molar-refractivity contribution in [3.8, 4) is 11.5 Å². The molecule has 0 unspecified atom stereocenters. The van der Waals surface area contributed by atoms with Gasteiger partial charge in [-0.3, -0.25) is 4.79 Å². The highest BCUT2D eigenvalue weighted by atomic mass is 79.9. The Balaban J connectivity index is 1.77. The van der Waals surface area contributed by atoms with Crippen molar-refractivity contribution >= 4 is 37.5 Å². The number of rotatable bonds is 5. The molecule has 3 aromatic rings. The number of para-hydroxylation sites is 1. The second-order valence-corrected chi connectivity index (χ2v) is 8.35. The number of ether oxygens (including phenoxy) is 1. The van der Waals surface area contributed by atoms with Crippen LogP contribution in [0.5, 0.6) is 11.5 Å². The van der Waals surface area contributed by atoms with Crippen molar-refractivity contribution in [3.63, 3.8) is 0 Å². The van der Waals surface area contributed by atoms with E-state index in [-0.39, 0.29) is 15.3 Å². The fourth-order valence-electron chi connectivity index (χ4n) is 2.54. The number of carbonyl (C=O) groups excluding carboxylic acids is 1. The SMILES string of the molecule is CN(C(=O)c1ccc(S(N)(=O)=O)c(Br)c1)c1ccc(Oc2ccccc2)cc1. The van der Waals surface area contributed by atoms with Gasteiger partial charge in [0.1, 0.15) is 11.5 Å². The minimum atomic E-state index is -3.86. The molecular formula is C20H17BrN2O4S. The molecule has 0 spiro atoms. The molecule has 28 heavy (non-hydrogen) atoms. The molecule has 0 aliphatic carbocycles. The molecule has 0 fully saturated rings. The number of anilines is 1. The number of carbonyl (C=O) groups is 1. The first kappa shape index (κ1) is 20.1. The van der Waals surface area contributed by atoms with Crippen molar-refractivity contribution in [3.05, 3.63) is 82.8 Å². The topological polar surface area (TPSA) is 89.7 Å². The smallest absolute Gasteiger partial charge is 0.258 e. The van der Waals surface area contributed by atoms with E-state index in [0.29, 0.717) is 17.0 Å². The summed E-state index contributed by atoms with van der Waals surface area (Å²) in [5.41, 5.74) is 0.989. The monoisotopic (exact) mass is 460 g/mol. The van der Waals surface area contributed by atoms with E-state index in [1.165, 1.54) is 23.1 Å². The van der Waals surface area contributed by atoms with Gasteiger partial charge in [0.05, 0.1) is 4.90 Å². The Kier molecular flexibility index (Phi) is 5.83. The Morgan fingerprint density at radius 3 is 2.14 bits per heavy atom. The molecule has 0 aliphatic heterocycles. The molecule has 0 aromatic heterocycles. The molecule has 3 aromatic carbocycles. The molecule has 8 heteroatoms. The van der Waals surface area contributed by atoms with Crippen molar-refractivity contribution in [1.82, 2.24) is 0 Å². The zero-order valence-electron chi connectivity index (χ0n) is 14.9. The lowest BCUT2D eigenvalue weighted by Crippen LogP contribution is -2.26. The molecule has 2 N–H and O–H groups in total. The average Bonchev–Trinajstić information content (AvgIpc) is 2.67. The molecule has 0 saturated carbocycles. The lowest BCUT2D eigenvalue weighted by molar-refractivity contribution is 0.0993. The molecule has 0 aliphatic rings. The molecule has 0 radical (unpaired) electrons. The van der Waals surface area contributed by atoms with Crippen LogP contribution in [0, 0.1) is 0 Å². The molecule has 1 amide bonds. The van der Waals surface area contributed by atoms with E-state index >= 15 is 0 Å². The number of nitrogens with two attached hydrogens (primary N) is 1. The first-order chi connectivity index (χ1) is 13.3. The summed E-state index contributed by atoms with van der Waals surface area (Å²) in [4.78, 5) is 14.1. The van der Waals surface area contributed by atoms with Crippen LogP contribution in [0.15, 0.2) is 82.2 Å². The van der Waals surface area contributed by atoms with Gasteiger partial charge in [0.15, 0.2) is 0 Å². The predicted molar refractivity (Wildman–Crippen MR) is 111 cm³/mol. The van der Waals surface area contributed by atoms with Gasteiger partial charge < -0.3 is 9.64 Å². The van der Waals surface area contributed by atoms with Gasteiger partial charge in [0.25, 0.3) is 5.91 Å². The number of hydrogen-bond acceptors (Lipinski definition) is 4. The Morgan fingerprint density at radius 2 is 1.57 bits per heavy atom. The number of halogens is 1. The zero-order chi connectivity index (χ0) is 20.3. The first-order valence-electron chi connectivity index (χ1n) is 8.19. The molecule has 144 valence electrons. The summed E-state index contributed by atoms with van der Waals surface area (Å²) < 4.78 is 29.0. The summed E-state index contributed by atoms with van der Waals surface area (Å²) in [5.74, 6) is 1.08. The Bertz CT molecular complexity index is 1100. The Morgan fingerprint density at radius 1 is 0.964 bits per heavy atom. The quantitative estimate of drug-likeness (QED) is 0.618. The van der Waals surface area contributed by atoms with Gasteiger partial charge in [-0.2, -0.15) is 0 Å². The van der Waals surface area contributed by atoms with Crippen LogP contribution in [0.25, 0.3) is 0 Å². The van der Waals surface area contributed by atoms with Gasteiger partial charge in [0.2, 0.25) is 10.0 Å². The van der Waals surface area contributed by atoms with E-state index in [2.05, 4.69) is 15.9 Å². The highest BCUT2D eigenvalue weighted by Gasteiger charge is 2.18. The molecule has 3 rings (SSSR count). The van der Waals surface area contributed by atoms with Crippen molar-refractivity contribution < 1.29 is 17.9 Å². The van der Waals surface area contributed by atoms with Crippen LogP contribution in [-0.4, -0.2) is 21.4 Å². The van der Waals surface area contributed by atoms with Crippen molar-refractivity contribution in [2.75, 3.05) is 11.9 Å². The van der Waals surface area contributed by atoms with Gasteiger partial charge in [-0.1, -0.05) is 18.2 Å². The average molecular weight is 461 g/mol. The maximum absolute atomic E-state index is 12.7. The van der Waals surface area contributed by atoms with Gasteiger partial charge in [-0.25, -0.2) is 13.6 Å². The Hall–Kier alpha value is -2.68. The van der Waals surface area contributed by atoms with Crippen molar-refractivity contribution in [2.45, 2.75) is 4.90 Å². The fourth-order valence-corrected chi connectivity index (χ4v) is 4.18. The summed E-state index contributed by atoms with van der Waals surface area (Å²) in [7, 11) is -2.23. The number of sulfonamides is 1. The summed E-state index contributed by atoms with van der Waals surface area (Å²) in [6, 6.07) is 20.6. The number of amides is 1. The highest BCUT2D eigenvalue weighted by Crippen LogP contribution is 2.26. The maximum Gasteiger partial charge on any atom is 0.258 e. The number of hydrogen-bond donors (Lipinski definition) is 1. The van der Waals surface area contributed by atoms with Crippen LogP contribution < -0.4 is 14.8 Å². The maximum atomic E-state index is 12.7. The van der Waals surface area contributed by atoms with Crippen LogP contribution in [-0.2, 0) is 10.0 Å². The van der Waals surface area contributed by atoms with Gasteiger partial charge in [-0.05, 0) is 70.5 Å². The molecule has 0 saturated heterocycles. The first-order valence-corrected chi connectivity index (χ1v) is 10.5. The molecule has 0 atom stereocenters. The third kappa shape index (κ3) is 4.59. The summed E-state index contributed by atoms with van der Waals surface area (Å²) >= 11 is 3.15. The lowest BCUT2D eigenvalue weighted by Gasteiger charge is -2.18. The second-order valence-electron chi connectivity index (χ2n) is 5.96. The van der Waals surface area contributed by atoms with Gasteiger partial charge in [0, 0.05) is 22.8 Å². The second kappa shape index (κ2) is 8.14. The standard InChI is InChI=1S/C20H17BrN2O4S/c1-23(20(24)14-7-12-19(18(21)13-14)28(22,25)26)15-8-10-17(11-9-15)27-16-5-3-2-4-6-16/h2-13H,1H3,(H2,22,25,26). The summed E-state index contributed by atoms with van der Waals surface area (Å²) in [5, 5.41) is 5.14. The van der Waals surface area contributed by atoms with E-state index in [1.807, 2.05) is 30.3 Å². The predicted octanol–water partition coefficient (Wildman–Crippen LogP) is 4.17. The summed E-state index contributed by atoms with van der Waals surface area (Å²) in [6.07, 6.45) is 0. The molecular weight excluding hydrogens is 444 g/mol. The van der Waals surface area contributed by atoms with Crippen LogP contribution in [0.2, 0.25) is 0 Å². The van der Waals surface area contributed by atoms with E-state index in [9.17, 15) is 13.2 Å². The number of nitrogens with zero attached hydrogens (tertiary/aromatic N) is 1. The van der Waals surface area contributed by atoms with Crippen LogP contribution in [0.1, 0.15) is 10.4 Å². The van der Waals surface area contributed by atoms with E-state index in [4.69, 9.17) is 9.88 Å². The Labute approximate surface area is 171 Å². The fraction of sp³-hybridized carbons (Fsp3) is 0.0500. The van der Waals surface area contributed by atoms with Gasteiger partial charge in [-0.15, -0.1) is 0 Å². The van der Waals surface area contributed by atoms with E-state index in [1.54, 1.807) is 31.3 Å². The van der Waals surface area contributed by atoms with E-state index in [0.717, 1.165) is 5.75 Å². The normalized spacial score (nSPS) is 11.1. The van der Waals surface area contributed by atoms with Crippen LogP contribution >= 0.6 is 15.9 Å².